The molecule has 1 saturated heterocycles. The Morgan fingerprint density at radius 2 is 1.78 bits per heavy atom. The lowest BCUT2D eigenvalue weighted by Crippen LogP contribution is -2.49. The highest BCUT2D eigenvalue weighted by Crippen LogP contribution is 2.33. The van der Waals surface area contributed by atoms with Gasteiger partial charge >= 0.3 is 0 Å². The summed E-state index contributed by atoms with van der Waals surface area (Å²) in [5, 5.41) is 8.80. The maximum absolute atomic E-state index is 12.2. The van der Waals surface area contributed by atoms with Crippen molar-refractivity contribution < 1.29 is 14.3 Å². The van der Waals surface area contributed by atoms with E-state index in [9.17, 15) is 4.79 Å². The molecule has 2 aromatic rings. The minimum absolute atomic E-state index is 0.286. The molecule has 2 fully saturated rings. The Balaban J connectivity index is 1.46. The van der Waals surface area contributed by atoms with Gasteiger partial charge in [0.15, 0.2) is 5.82 Å². The van der Waals surface area contributed by atoms with E-state index in [1.54, 1.807) is 14.2 Å². The topological polar surface area (TPSA) is 67.8 Å². The van der Waals surface area contributed by atoms with E-state index < -0.39 is 0 Å². The van der Waals surface area contributed by atoms with E-state index in [0.29, 0.717) is 5.91 Å². The lowest BCUT2D eigenvalue weighted by atomic mass is 10.1. The number of nitrogens with zero attached hydrogens (tertiary/aromatic N) is 4. The molecule has 7 heteroatoms. The van der Waals surface area contributed by atoms with Crippen LogP contribution in [0.3, 0.4) is 0 Å². The van der Waals surface area contributed by atoms with Crippen molar-refractivity contribution in [3.63, 3.8) is 0 Å². The van der Waals surface area contributed by atoms with Gasteiger partial charge in [-0.2, -0.15) is 0 Å². The second-order valence-electron chi connectivity index (χ2n) is 6.93. The first kappa shape index (κ1) is 17.6. The Kier molecular flexibility index (Phi) is 4.83. The van der Waals surface area contributed by atoms with Crippen LogP contribution in [0.1, 0.15) is 12.8 Å². The molecule has 0 atom stereocenters. The number of aromatic nitrogens is 2. The van der Waals surface area contributed by atoms with Gasteiger partial charge in [0.2, 0.25) is 5.91 Å². The van der Waals surface area contributed by atoms with Crippen molar-refractivity contribution in [2.24, 2.45) is 5.92 Å². The van der Waals surface area contributed by atoms with Crippen molar-refractivity contribution in [2.45, 2.75) is 12.8 Å². The summed E-state index contributed by atoms with van der Waals surface area (Å²) in [5.41, 5.74) is 1.58. The number of carbonyl (C=O) groups excluding carboxylic acids is 1. The van der Waals surface area contributed by atoms with Crippen LogP contribution in [0.2, 0.25) is 0 Å². The summed E-state index contributed by atoms with van der Waals surface area (Å²) in [6, 6.07) is 9.53. The number of carbonyl (C=O) groups is 1. The van der Waals surface area contributed by atoms with Gasteiger partial charge in [0.05, 0.1) is 19.9 Å². The molecule has 1 aromatic carbocycles. The molecule has 0 N–H and O–H groups in total. The Morgan fingerprint density at radius 3 is 2.37 bits per heavy atom. The van der Waals surface area contributed by atoms with Crippen molar-refractivity contribution in [2.75, 3.05) is 45.3 Å². The number of ether oxygens (including phenoxy) is 2. The van der Waals surface area contributed by atoms with Gasteiger partial charge in [0, 0.05) is 37.7 Å². The molecule has 4 rings (SSSR count). The van der Waals surface area contributed by atoms with Gasteiger partial charge in [-0.3, -0.25) is 4.79 Å². The van der Waals surface area contributed by atoms with E-state index in [1.807, 2.05) is 35.2 Å². The third kappa shape index (κ3) is 3.67. The van der Waals surface area contributed by atoms with Gasteiger partial charge < -0.3 is 19.3 Å². The zero-order valence-corrected chi connectivity index (χ0v) is 15.7. The molecular weight excluding hydrogens is 344 g/mol. The largest absolute Gasteiger partial charge is 0.497 e. The Hall–Kier alpha value is -2.83. The first-order chi connectivity index (χ1) is 13.2. The van der Waals surface area contributed by atoms with E-state index in [0.717, 1.165) is 67.6 Å². The molecule has 1 saturated carbocycles. The van der Waals surface area contributed by atoms with Crippen LogP contribution in [-0.4, -0.2) is 61.4 Å². The minimum Gasteiger partial charge on any atom is -0.497 e. The van der Waals surface area contributed by atoms with Crippen LogP contribution in [0.4, 0.5) is 5.82 Å². The van der Waals surface area contributed by atoms with Crippen molar-refractivity contribution >= 4 is 11.7 Å². The van der Waals surface area contributed by atoms with E-state index in [4.69, 9.17) is 9.47 Å². The average molecular weight is 368 g/mol. The number of rotatable bonds is 5. The summed E-state index contributed by atoms with van der Waals surface area (Å²) in [7, 11) is 3.27. The van der Waals surface area contributed by atoms with Crippen LogP contribution in [0.25, 0.3) is 11.3 Å². The van der Waals surface area contributed by atoms with Crippen molar-refractivity contribution in [1.82, 2.24) is 15.1 Å². The average Bonchev–Trinajstić information content (AvgIpc) is 3.58. The van der Waals surface area contributed by atoms with Gasteiger partial charge in [0.25, 0.3) is 0 Å². The monoisotopic (exact) mass is 368 g/mol. The van der Waals surface area contributed by atoms with E-state index in [1.165, 1.54) is 0 Å². The predicted molar refractivity (Wildman–Crippen MR) is 102 cm³/mol. The van der Waals surface area contributed by atoms with Gasteiger partial charge in [-0.05, 0) is 43.2 Å². The number of hydrogen-bond donors (Lipinski definition) is 0. The second kappa shape index (κ2) is 7.42. The summed E-state index contributed by atoms with van der Waals surface area (Å²) < 4.78 is 10.7. The molecule has 0 spiro atoms. The fourth-order valence-corrected chi connectivity index (χ4v) is 3.40. The summed E-state index contributed by atoms with van der Waals surface area (Å²) >= 11 is 0. The Morgan fingerprint density at radius 1 is 1.00 bits per heavy atom. The maximum Gasteiger partial charge on any atom is 0.225 e. The highest BCUT2D eigenvalue weighted by atomic mass is 16.5. The highest BCUT2D eigenvalue weighted by molar-refractivity contribution is 5.81. The molecule has 0 radical (unpaired) electrons. The third-order valence-electron chi connectivity index (χ3n) is 5.17. The third-order valence-corrected chi connectivity index (χ3v) is 5.17. The van der Waals surface area contributed by atoms with E-state index in [-0.39, 0.29) is 5.92 Å². The van der Waals surface area contributed by atoms with Crippen molar-refractivity contribution in [3.8, 4) is 22.8 Å². The van der Waals surface area contributed by atoms with Crippen LogP contribution >= 0.6 is 0 Å². The fraction of sp³-hybridized carbons (Fsp3) is 0.450. The van der Waals surface area contributed by atoms with Crippen molar-refractivity contribution in [1.29, 1.82) is 0 Å². The molecule has 1 aliphatic carbocycles. The fourth-order valence-electron chi connectivity index (χ4n) is 3.40. The zero-order valence-electron chi connectivity index (χ0n) is 15.7. The summed E-state index contributed by atoms with van der Waals surface area (Å²) in [6.07, 6.45) is 2.11. The molecule has 0 unspecified atom stereocenters. The maximum atomic E-state index is 12.2. The molecule has 7 nitrogen and oxygen atoms in total. The zero-order chi connectivity index (χ0) is 18.8. The molecule has 2 heterocycles. The van der Waals surface area contributed by atoms with Gasteiger partial charge in [-0.25, -0.2) is 0 Å². The van der Waals surface area contributed by atoms with Crippen LogP contribution in [0, 0.1) is 5.92 Å². The summed E-state index contributed by atoms with van der Waals surface area (Å²) in [6.45, 7) is 3.08. The molecule has 1 aliphatic heterocycles. The molecule has 0 bridgehead atoms. The van der Waals surface area contributed by atoms with Gasteiger partial charge in [-0.15, -0.1) is 10.2 Å². The van der Waals surface area contributed by atoms with Gasteiger partial charge in [0.1, 0.15) is 11.5 Å². The predicted octanol–water partition coefficient (Wildman–Crippen LogP) is 2.22. The quantitative estimate of drug-likeness (QED) is 0.806. The first-order valence-corrected chi connectivity index (χ1v) is 9.29. The SMILES string of the molecule is COc1ccc(OC)c(-c2ccc(N3CCN(C(=O)C4CC4)CC3)nn2)c1. The summed E-state index contributed by atoms with van der Waals surface area (Å²) in [4.78, 5) is 16.3. The molecule has 27 heavy (non-hydrogen) atoms. The lowest BCUT2D eigenvalue weighted by Gasteiger charge is -2.35. The molecule has 2 aliphatic rings. The van der Waals surface area contributed by atoms with Crippen molar-refractivity contribution in [3.05, 3.63) is 30.3 Å². The smallest absolute Gasteiger partial charge is 0.225 e. The van der Waals surface area contributed by atoms with Crippen LogP contribution < -0.4 is 14.4 Å². The summed E-state index contributed by atoms with van der Waals surface area (Å²) in [5.74, 6) is 2.91. The van der Waals surface area contributed by atoms with Gasteiger partial charge in [-0.1, -0.05) is 0 Å². The number of methoxy groups -OCH3 is 2. The molecule has 1 amide bonds. The minimum atomic E-state index is 0.286. The van der Waals surface area contributed by atoms with Crippen LogP contribution in [0.5, 0.6) is 11.5 Å². The number of benzene rings is 1. The Labute approximate surface area is 158 Å². The molecular formula is C20H24N4O3. The Bertz CT molecular complexity index is 812. The second-order valence-corrected chi connectivity index (χ2v) is 6.93. The number of amides is 1. The molecule has 1 aromatic heterocycles. The number of hydrogen-bond acceptors (Lipinski definition) is 6. The van der Waals surface area contributed by atoms with Crippen LogP contribution in [-0.2, 0) is 4.79 Å². The first-order valence-electron chi connectivity index (χ1n) is 9.29. The number of anilines is 1. The standard InChI is InChI=1S/C20H24N4O3/c1-26-15-5-7-18(27-2)16(13-15)17-6-8-19(22-21-17)23-9-11-24(12-10-23)20(25)14-3-4-14/h5-8,13-14H,3-4,9-12H2,1-2H3. The van der Waals surface area contributed by atoms with E-state index >= 15 is 0 Å². The highest BCUT2D eigenvalue weighted by Gasteiger charge is 2.34. The van der Waals surface area contributed by atoms with E-state index in [2.05, 4.69) is 15.1 Å². The normalized spacial score (nSPS) is 17.0. The number of piperazine rings is 1. The lowest BCUT2D eigenvalue weighted by molar-refractivity contribution is -0.132. The molecule has 142 valence electrons. The van der Waals surface area contributed by atoms with Crippen LogP contribution in [0.15, 0.2) is 30.3 Å².